The van der Waals surface area contributed by atoms with E-state index < -0.39 is 18.2 Å². The van der Waals surface area contributed by atoms with Gasteiger partial charge in [-0.1, -0.05) is 18.2 Å². The third kappa shape index (κ3) is 5.40. The maximum atomic E-state index is 14.9. The molecule has 2 atom stereocenters. The molecule has 2 fully saturated rings. The summed E-state index contributed by atoms with van der Waals surface area (Å²) < 4.78 is 25.3. The Morgan fingerprint density at radius 2 is 1.78 bits per heavy atom. The van der Waals surface area contributed by atoms with Crippen LogP contribution in [0.15, 0.2) is 30.3 Å². The summed E-state index contributed by atoms with van der Waals surface area (Å²) in [4.78, 5) is 18.7. The van der Waals surface area contributed by atoms with Crippen LogP contribution >= 0.6 is 0 Å². The lowest BCUT2D eigenvalue weighted by atomic mass is 10.1. The van der Waals surface area contributed by atoms with Crippen molar-refractivity contribution in [2.24, 2.45) is 0 Å². The number of hydrogen-bond donors (Lipinski definition) is 0. The largest absolute Gasteiger partial charge is 0.464 e. The minimum absolute atomic E-state index is 0.199. The number of carbonyl (C=O) groups is 1. The van der Waals surface area contributed by atoms with E-state index in [0.29, 0.717) is 32.8 Å². The van der Waals surface area contributed by atoms with E-state index in [9.17, 15) is 9.18 Å². The Labute approximate surface area is 160 Å². The maximum absolute atomic E-state index is 14.9. The molecule has 1 aromatic rings. The number of para-hydroxylation sites is 1. The van der Waals surface area contributed by atoms with Crippen LogP contribution in [0.1, 0.15) is 6.92 Å². The van der Waals surface area contributed by atoms with Crippen molar-refractivity contribution in [1.82, 2.24) is 9.80 Å². The number of esters is 1. The molecule has 0 unspecified atom stereocenters. The summed E-state index contributed by atoms with van der Waals surface area (Å²) in [7, 11) is 0. The van der Waals surface area contributed by atoms with Gasteiger partial charge < -0.3 is 14.4 Å². The van der Waals surface area contributed by atoms with Gasteiger partial charge in [-0.25, -0.2) is 9.18 Å². The predicted octanol–water partition coefficient (Wildman–Crippen LogP) is 1.41. The van der Waals surface area contributed by atoms with Crippen molar-refractivity contribution in [2.45, 2.75) is 19.1 Å². The zero-order valence-corrected chi connectivity index (χ0v) is 16.1. The lowest BCUT2D eigenvalue weighted by Crippen LogP contribution is -2.57. The third-order valence-electron chi connectivity index (χ3n) is 5.30. The van der Waals surface area contributed by atoms with E-state index in [-0.39, 0.29) is 6.61 Å². The molecule has 0 aromatic heterocycles. The minimum Gasteiger partial charge on any atom is -0.464 e. The first-order valence-electron chi connectivity index (χ1n) is 9.84. The zero-order chi connectivity index (χ0) is 19.1. The van der Waals surface area contributed by atoms with Crippen molar-refractivity contribution >= 4 is 11.7 Å². The van der Waals surface area contributed by atoms with Gasteiger partial charge in [0.15, 0.2) is 0 Å². The quantitative estimate of drug-likeness (QED) is 0.668. The van der Waals surface area contributed by atoms with Crippen molar-refractivity contribution in [3.05, 3.63) is 30.3 Å². The Morgan fingerprint density at radius 3 is 2.41 bits per heavy atom. The molecule has 3 rings (SSSR count). The van der Waals surface area contributed by atoms with E-state index in [1.807, 2.05) is 23.1 Å². The van der Waals surface area contributed by atoms with Gasteiger partial charge in [-0.2, -0.15) is 0 Å². The molecule has 6 nitrogen and oxygen atoms in total. The number of halogens is 1. The first-order valence-corrected chi connectivity index (χ1v) is 9.84. The maximum Gasteiger partial charge on any atom is 0.342 e. The number of anilines is 1. The monoisotopic (exact) mass is 379 g/mol. The highest BCUT2D eigenvalue weighted by atomic mass is 19.1. The molecular weight excluding hydrogens is 349 g/mol. The molecule has 0 saturated carbocycles. The molecular formula is C20H30FN3O3. The van der Waals surface area contributed by atoms with E-state index in [1.54, 1.807) is 6.92 Å². The number of ether oxygens (including phenoxy) is 2. The third-order valence-corrected chi connectivity index (χ3v) is 5.30. The van der Waals surface area contributed by atoms with Crippen LogP contribution in [0.25, 0.3) is 0 Å². The molecule has 2 aliphatic heterocycles. The molecule has 0 radical (unpaired) electrons. The molecule has 7 heteroatoms. The number of nitrogens with zero attached hydrogens (tertiary/aromatic N) is 3. The molecule has 2 heterocycles. The van der Waals surface area contributed by atoms with Gasteiger partial charge in [0.25, 0.3) is 0 Å². The molecule has 2 aliphatic rings. The van der Waals surface area contributed by atoms with Gasteiger partial charge in [-0.15, -0.1) is 0 Å². The highest BCUT2D eigenvalue weighted by Crippen LogP contribution is 2.18. The second kappa shape index (κ2) is 10.0. The summed E-state index contributed by atoms with van der Waals surface area (Å²) in [5, 5.41) is 0. The van der Waals surface area contributed by atoms with Crippen LogP contribution in [0, 0.1) is 0 Å². The van der Waals surface area contributed by atoms with Gasteiger partial charge in [0, 0.05) is 51.5 Å². The second-order valence-electron chi connectivity index (χ2n) is 6.99. The number of benzene rings is 1. The first-order chi connectivity index (χ1) is 13.2. The highest BCUT2D eigenvalue weighted by Gasteiger charge is 2.36. The summed E-state index contributed by atoms with van der Waals surface area (Å²) in [6, 6.07) is 9.85. The fourth-order valence-electron chi connectivity index (χ4n) is 3.77. The van der Waals surface area contributed by atoms with Crippen molar-refractivity contribution in [3.8, 4) is 0 Å². The molecule has 27 heavy (non-hydrogen) atoms. The summed E-state index contributed by atoms with van der Waals surface area (Å²) in [5.41, 5.74) is 1.22. The standard InChI is InChI=1S/C20H30FN3O3/c1-2-27-20(25)19(21)18(24-12-14-26-15-13-24)16-22-8-10-23(11-9-22)17-6-4-3-5-7-17/h3-7,18-19H,2,8-16H2,1H3/t18-,19+/m0/s1. The molecule has 0 spiro atoms. The van der Waals surface area contributed by atoms with Crippen molar-refractivity contribution in [2.75, 3.05) is 70.5 Å². The Morgan fingerprint density at radius 1 is 1.11 bits per heavy atom. The number of alkyl halides is 1. The summed E-state index contributed by atoms with van der Waals surface area (Å²) >= 11 is 0. The molecule has 2 saturated heterocycles. The van der Waals surface area contributed by atoms with Crippen LogP contribution in [0.2, 0.25) is 0 Å². The van der Waals surface area contributed by atoms with Crippen LogP contribution in [0.4, 0.5) is 10.1 Å². The average molecular weight is 379 g/mol. The van der Waals surface area contributed by atoms with E-state index in [0.717, 1.165) is 26.2 Å². The Kier molecular flexibility index (Phi) is 7.43. The summed E-state index contributed by atoms with van der Waals surface area (Å²) in [6.45, 7) is 8.39. The summed E-state index contributed by atoms with van der Waals surface area (Å²) in [6.07, 6.45) is -1.63. The molecule has 150 valence electrons. The lowest BCUT2D eigenvalue weighted by molar-refractivity contribution is -0.153. The van der Waals surface area contributed by atoms with Gasteiger partial charge in [-0.05, 0) is 19.1 Å². The molecule has 0 aliphatic carbocycles. The molecule has 0 N–H and O–H groups in total. The topological polar surface area (TPSA) is 45.2 Å². The number of rotatable bonds is 7. The SMILES string of the molecule is CCOC(=O)[C@H](F)[C@H](CN1CCN(c2ccccc2)CC1)N1CCOCC1. The normalized spacial score (nSPS) is 21.6. The van der Waals surface area contributed by atoms with Gasteiger partial charge in [0.1, 0.15) is 0 Å². The predicted molar refractivity (Wildman–Crippen MR) is 103 cm³/mol. The van der Waals surface area contributed by atoms with E-state index in [1.165, 1.54) is 5.69 Å². The van der Waals surface area contributed by atoms with E-state index in [2.05, 4.69) is 21.9 Å². The van der Waals surface area contributed by atoms with Gasteiger partial charge in [-0.3, -0.25) is 9.80 Å². The van der Waals surface area contributed by atoms with Gasteiger partial charge in [0.05, 0.1) is 25.9 Å². The van der Waals surface area contributed by atoms with Crippen molar-refractivity contribution < 1.29 is 18.7 Å². The fourth-order valence-corrected chi connectivity index (χ4v) is 3.77. The second-order valence-corrected chi connectivity index (χ2v) is 6.99. The molecule has 0 amide bonds. The number of morpholine rings is 1. The fraction of sp³-hybridized carbons (Fsp3) is 0.650. The highest BCUT2D eigenvalue weighted by molar-refractivity contribution is 5.75. The van der Waals surface area contributed by atoms with Gasteiger partial charge in [0.2, 0.25) is 6.17 Å². The molecule has 0 bridgehead atoms. The van der Waals surface area contributed by atoms with Crippen LogP contribution in [-0.2, 0) is 14.3 Å². The lowest BCUT2D eigenvalue weighted by Gasteiger charge is -2.41. The van der Waals surface area contributed by atoms with Crippen LogP contribution in [-0.4, -0.2) is 93.6 Å². The Balaban J connectivity index is 1.59. The number of piperazine rings is 1. The Bertz CT molecular complexity index is 575. The van der Waals surface area contributed by atoms with Crippen LogP contribution in [0.3, 0.4) is 0 Å². The number of hydrogen-bond acceptors (Lipinski definition) is 6. The van der Waals surface area contributed by atoms with Crippen molar-refractivity contribution in [1.29, 1.82) is 0 Å². The first kappa shape index (κ1) is 20.0. The zero-order valence-electron chi connectivity index (χ0n) is 16.1. The number of carbonyl (C=O) groups excluding carboxylic acids is 1. The van der Waals surface area contributed by atoms with E-state index in [4.69, 9.17) is 9.47 Å². The van der Waals surface area contributed by atoms with E-state index >= 15 is 0 Å². The minimum atomic E-state index is -1.63. The van der Waals surface area contributed by atoms with Crippen LogP contribution < -0.4 is 4.90 Å². The summed E-state index contributed by atoms with van der Waals surface area (Å²) in [5.74, 6) is -0.753. The van der Waals surface area contributed by atoms with Gasteiger partial charge >= 0.3 is 5.97 Å². The van der Waals surface area contributed by atoms with Crippen LogP contribution in [0.5, 0.6) is 0 Å². The Hall–Kier alpha value is -1.70. The smallest absolute Gasteiger partial charge is 0.342 e. The average Bonchev–Trinajstić information content (AvgIpc) is 2.73. The molecule has 1 aromatic carbocycles. The van der Waals surface area contributed by atoms with Crippen molar-refractivity contribution in [3.63, 3.8) is 0 Å².